The van der Waals surface area contributed by atoms with Gasteiger partial charge in [0.1, 0.15) is 0 Å². The highest BCUT2D eigenvalue weighted by molar-refractivity contribution is 5.66. The molecule has 0 rings (SSSR count). The Balaban J connectivity index is -0.000000266. The van der Waals surface area contributed by atoms with Crippen molar-refractivity contribution in [3.05, 3.63) is 0 Å². The molecule has 0 bridgehead atoms. The zero-order valence-corrected chi connectivity index (χ0v) is 13.4. The van der Waals surface area contributed by atoms with Gasteiger partial charge in [-0.3, -0.25) is 4.79 Å². The number of carboxylic acids is 1. The summed E-state index contributed by atoms with van der Waals surface area (Å²) in [5, 5.41) is 23.0. The van der Waals surface area contributed by atoms with Crippen molar-refractivity contribution in [2.24, 2.45) is 0 Å². The number of carbonyl (C=O) groups is 1. The lowest BCUT2D eigenvalue weighted by molar-refractivity contribution is -0.136. The van der Waals surface area contributed by atoms with Crippen LogP contribution in [0, 0.1) is 0 Å². The maximum absolute atomic E-state index is 9.37. The fourth-order valence-electron chi connectivity index (χ4n) is 1.01. The Bertz CT molecular complexity index is 152. The molecule has 0 heterocycles. The van der Waals surface area contributed by atoms with Gasteiger partial charge in [0, 0.05) is 19.6 Å². The maximum atomic E-state index is 9.37. The highest BCUT2D eigenvalue weighted by Crippen LogP contribution is 1.97. The zero-order chi connectivity index (χ0) is 16.1. The largest absolute Gasteiger partial charge is 0.481 e. The van der Waals surface area contributed by atoms with Gasteiger partial charge in [-0.15, -0.1) is 0 Å². The normalized spacial score (nSPS) is 9.05. The molecule has 3 N–H and O–H groups in total. The summed E-state index contributed by atoms with van der Waals surface area (Å²) < 4.78 is 5.44. The van der Waals surface area contributed by atoms with Crippen molar-refractivity contribution in [1.29, 1.82) is 0 Å². The van der Waals surface area contributed by atoms with Crippen LogP contribution in [0.4, 0.5) is 0 Å². The van der Waals surface area contributed by atoms with Crippen molar-refractivity contribution in [2.75, 3.05) is 26.4 Å². The molecule has 0 saturated heterocycles. The monoisotopic (exact) mass is 294 g/mol. The summed E-state index contributed by atoms with van der Waals surface area (Å²) in [5.41, 5.74) is 0. The van der Waals surface area contributed by atoms with Gasteiger partial charge in [0.15, 0.2) is 0 Å². The quantitative estimate of drug-likeness (QED) is 0.539. The minimum Gasteiger partial charge on any atom is -0.481 e. The van der Waals surface area contributed by atoms with Crippen LogP contribution in [0.5, 0.6) is 0 Å². The van der Waals surface area contributed by atoms with E-state index in [0.717, 1.165) is 13.2 Å². The molecule has 0 amide bonds. The number of carboxylic acid groups (broad SMARTS) is 1. The van der Waals surface area contributed by atoms with Crippen molar-refractivity contribution in [3.8, 4) is 0 Å². The van der Waals surface area contributed by atoms with Crippen molar-refractivity contribution in [3.63, 3.8) is 0 Å². The van der Waals surface area contributed by atoms with Crippen LogP contribution in [0.1, 0.15) is 65.7 Å². The molecule has 0 unspecified atom stereocenters. The third-order valence-electron chi connectivity index (χ3n) is 2.19. The van der Waals surface area contributed by atoms with Gasteiger partial charge in [0.25, 0.3) is 0 Å². The van der Waals surface area contributed by atoms with Crippen LogP contribution in [0.3, 0.4) is 0 Å². The van der Waals surface area contributed by atoms with E-state index < -0.39 is 5.97 Å². The number of rotatable bonds is 10. The average Bonchev–Trinajstić information content (AvgIpc) is 2.47. The number of aliphatic hydroxyl groups is 2. The number of ether oxygens (including phenoxy) is 1. The van der Waals surface area contributed by atoms with Crippen LogP contribution in [0.15, 0.2) is 0 Å². The summed E-state index contributed by atoms with van der Waals surface area (Å²) in [4.78, 5) is 9.37. The van der Waals surface area contributed by atoms with Gasteiger partial charge in [-0.1, -0.05) is 46.5 Å². The van der Waals surface area contributed by atoms with E-state index in [9.17, 15) is 4.79 Å². The van der Waals surface area contributed by atoms with Crippen molar-refractivity contribution in [2.45, 2.75) is 65.7 Å². The van der Waals surface area contributed by atoms with Crippen LogP contribution in [-0.4, -0.2) is 47.7 Å². The summed E-state index contributed by atoms with van der Waals surface area (Å²) in [6.45, 7) is 7.73. The van der Waals surface area contributed by atoms with Gasteiger partial charge in [-0.05, 0) is 12.8 Å². The Morgan fingerprint density at radius 2 is 1.20 bits per heavy atom. The topological polar surface area (TPSA) is 87.0 Å². The van der Waals surface area contributed by atoms with Gasteiger partial charge in [-0.25, -0.2) is 0 Å². The average molecular weight is 294 g/mol. The summed E-state index contributed by atoms with van der Waals surface area (Å²) in [5.74, 6) is -0.745. The molecule has 20 heavy (non-hydrogen) atoms. The molecule has 0 aromatic heterocycles. The first-order chi connectivity index (χ1) is 9.60. The summed E-state index contributed by atoms with van der Waals surface area (Å²) in [6.07, 6.45) is 7.91. The summed E-state index contributed by atoms with van der Waals surface area (Å²) in [7, 11) is 0. The second-order valence-corrected chi connectivity index (χ2v) is 4.22. The van der Waals surface area contributed by atoms with Gasteiger partial charge in [0.2, 0.25) is 0 Å². The SMILES string of the molecule is CCC(=O)O.CCCCCOCCCCC.OCCO. The first-order valence-electron chi connectivity index (χ1n) is 7.61. The molecule has 0 fully saturated rings. The Morgan fingerprint density at radius 3 is 1.40 bits per heavy atom. The second-order valence-electron chi connectivity index (χ2n) is 4.22. The van der Waals surface area contributed by atoms with E-state index in [1.54, 1.807) is 6.92 Å². The van der Waals surface area contributed by atoms with Gasteiger partial charge in [0.05, 0.1) is 13.2 Å². The van der Waals surface area contributed by atoms with E-state index in [4.69, 9.17) is 20.1 Å². The molecule has 0 aliphatic carbocycles. The number of aliphatic hydroxyl groups excluding tert-OH is 2. The first-order valence-corrected chi connectivity index (χ1v) is 7.61. The molecule has 5 nitrogen and oxygen atoms in total. The lowest BCUT2D eigenvalue weighted by atomic mass is 10.2. The fourth-order valence-corrected chi connectivity index (χ4v) is 1.01. The predicted octanol–water partition coefficient (Wildman–Crippen LogP) is 2.84. The van der Waals surface area contributed by atoms with Crippen molar-refractivity contribution in [1.82, 2.24) is 0 Å². The molecule has 5 heteroatoms. The van der Waals surface area contributed by atoms with E-state index in [0.29, 0.717) is 0 Å². The fraction of sp³-hybridized carbons (Fsp3) is 0.933. The molecule has 0 spiro atoms. The molecule has 0 saturated carbocycles. The van der Waals surface area contributed by atoms with Crippen LogP contribution in [0.25, 0.3) is 0 Å². The summed E-state index contributed by atoms with van der Waals surface area (Å²) in [6, 6.07) is 0. The van der Waals surface area contributed by atoms with Crippen molar-refractivity contribution < 1.29 is 24.9 Å². The molecule has 0 radical (unpaired) electrons. The Hall–Kier alpha value is -0.650. The molecular weight excluding hydrogens is 260 g/mol. The highest BCUT2D eigenvalue weighted by atomic mass is 16.5. The molecule has 0 atom stereocenters. The smallest absolute Gasteiger partial charge is 0.303 e. The zero-order valence-electron chi connectivity index (χ0n) is 13.4. The molecule has 0 aliphatic rings. The molecule has 0 aliphatic heterocycles. The molecule has 124 valence electrons. The summed E-state index contributed by atoms with van der Waals surface area (Å²) >= 11 is 0. The highest BCUT2D eigenvalue weighted by Gasteiger charge is 1.88. The van der Waals surface area contributed by atoms with E-state index in [2.05, 4.69) is 13.8 Å². The van der Waals surface area contributed by atoms with Crippen molar-refractivity contribution >= 4 is 5.97 Å². The van der Waals surface area contributed by atoms with E-state index >= 15 is 0 Å². The number of aliphatic carboxylic acids is 1. The predicted molar refractivity (Wildman–Crippen MR) is 82.0 cm³/mol. The maximum Gasteiger partial charge on any atom is 0.303 e. The Kier molecular flexibility index (Phi) is 32.7. The number of hydrogen-bond acceptors (Lipinski definition) is 4. The van der Waals surface area contributed by atoms with Crippen LogP contribution >= 0.6 is 0 Å². The van der Waals surface area contributed by atoms with Crippen LogP contribution in [0.2, 0.25) is 0 Å². The van der Waals surface area contributed by atoms with E-state index in [1.807, 2.05) is 0 Å². The number of hydrogen-bond donors (Lipinski definition) is 3. The van der Waals surface area contributed by atoms with E-state index in [-0.39, 0.29) is 19.6 Å². The third kappa shape index (κ3) is 43.3. The molecular formula is C15H34O5. The van der Waals surface area contributed by atoms with E-state index in [1.165, 1.54) is 38.5 Å². The van der Waals surface area contributed by atoms with Crippen LogP contribution < -0.4 is 0 Å². The van der Waals surface area contributed by atoms with Gasteiger partial charge >= 0.3 is 5.97 Å². The van der Waals surface area contributed by atoms with Gasteiger partial charge in [-0.2, -0.15) is 0 Å². The molecule has 0 aromatic carbocycles. The second kappa shape index (κ2) is 26.8. The molecule has 0 aromatic rings. The number of unbranched alkanes of at least 4 members (excludes halogenated alkanes) is 4. The Morgan fingerprint density at radius 1 is 0.850 bits per heavy atom. The third-order valence-corrected chi connectivity index (χ3v) is 2.19. The standard InChI is InChI=1S/C10H22O.C3H6O2.C2H6O2/c1-3-5-7-9-11-10-8-6-4-2;1-2-3(4)5;3-1-2-4/h3-10H2,1-2H3;2H2,1H3,(H,4,5);3-4H,1-2H2. The lowest BCUT2D eigenvalue weighted by Gasteiger charge is -2.01. The minimum atomic E-state index is -0.745. The van der Waals surface area contributed by atoms with Gasteiger partial charge < -0.3 is 20.1 Å². The Labute approximate surface area is 124 Å². The minimum absolute atomic E-state index is 0.125. The first kappa shape index (κ1) is 24.4. The van der Waals surface area contributed by atoms with Crippen LogP contribution in [-0.2, 0) is 9.53 Å². The lowest BCUT2D eigenvalue weighted by Crippen LogP contribution is -1.96.